The predicted molar refractivity (Wildman–Crippen MR) is 76.4 cm³/mol. The monoisotopic (exact) mass is 275 g/mol. The van der Waals surface area contributed by atoms with Gasteiger partial charge in [0.2, 0.25) is 0 Å². The Morgan fingerprint density at radius 1 is 1.47 bits per heavy atom. The van der Waals surface area contributed by atoms with Crippen molar-refractivity contribution in [2.75, 3.05) is 20.1 Å². The van der Waals surface area contributed by atoms with Crippen LogP contribution < -0.4 is 0 Å². The zero-order valence-electron chi connectivity index (χ0n) is 10.5. The highest BCUT2D eigenvalue weighted by atomic mass is 32.1. The average Bonchev–Trinajstić information content (AvgIpc) is 2.82. The molecule has 0 saturated carbocycles. The highest BCUT2D eigenvalue weighted by molar-refractivity contribution is 7.19. The molecule has 3 rings (SSSR count). The lowest BCUT2D eigenvalue weighted by Gasteiger charge is -2.20. The van der Waals surface area contributed by atoms with Crippen LogP contribution in [0, 0.1) is 10.1 Å². The summed E-state index contributed by atoms with van der Waals surface area (Å²) >= 11 is 1.60. The molecular formula is C13H13N3O2S. The van der Waals surface area contributed by atoms with Crippen molar-refractivity contribution in [3.05, 3.63) is 39.4 Å². The first-order valence-corrected chi connectivity index (χ1v) is 6.88. The third kappa shape index (κ3) is 2.36. The molecule has 1 aromatic carbocycles. The van der Waals surface area contributed by atoms with Crippen LogP contribution in [0.2, 0.25) is 0 Å². The Hall–Kier alpha value is -1.79. The van der Waals surface area contributed by atoms with Crippen LogP contribution in [-0.2, 0) is 0 Å². The number of fused-ring (bicyclic) bond motifs is 1. The zero-order valence-corrected chi connectivity index (χ0v) is 11.3. The van der Waals surface area contributed by atoms with E-state index in [-0.39, 0.29) is 10.6 Å². The van der Waals surface area contributed by atoms with Crippen molar-refractivity contribution in [2.45, 2.75) is 6.42 Å². The number of non-ortho nitro benzene ring substituents is 1. The Morgan fingerprint density at radius 2 is 2.32 bits per heavy atom. The minimum atomic E-state index is -0.382. The molecule has 2 aromatic rings. The maximum Gasteiger partial charge on any atom is 0.271 e. The van der Waals surface area contributed by atoms with E-state index >= 15 is 0 Å². The third-order valence-electron chi connectivity index (χ3n) is 3.27. The van der Waals surface area contributed by atoms with Gasteiger partial charge in [0.25, 0.3) is 5.69 Å². The minimum absolute atomic E-state index is 0.0988. The Labute approximate surface area is 114 Å². The molecule has 1 aromatic heterocycles. The van der Waals surface area contributed by atoms with E-state index in [1.807, 2.05) is 0 Å². The van der Waals surface area contributed by atoms with Crippen LogP contribution in [0.4, 0.5) is 5.69 Å². The quantitative estimate of drug-likeness (QED) is 0.624. The molecule has 1 aliphatic rings. The minimum Gasteiger partial charge on any atom is -0.302 e. The number of likely N-dealkylation sites (N-methyl/N-ethyl adjacent to an activating group) is 1. The number of hydrogen-bond acceptors (Lipinski definition) is 5. The van der Waals surface area contributed by atoms with E-state index in [4.69, 9.17) is 0 Å². The molecule has 1 aliphatic heterocycles. The predicted octanol–water partition coefficient (Wildman–Crippen LogP) is 2.92. The molecule has 0 aliphatic carbocycles. The van der Waals surface area contributed by atoms with E-state index in [1.54, 1.807) is 23.5 Å². The third-order valence-corrected chi connectivity index (χ3v) is 4.38. The summed E-state index contributed by atoms with van der Waals surface area (Å²) in [5.41, 5.74) is 2.07. The summed E-state index contributed by atoms with van der Waals surface area (Å²) in [7, 11) is 2.09. The van der Waals surface area contributed by atoms with Crippen LogP contribution in [0.1, 0.15) is 11.4 Å². The lowest BCUT2D eigenvalue weighted by Crippen LogP contribution is -2.23. The number of nitro groups is 1. The number of aromatic nitrogens is 1. The smallest absolute Gasteiger partial charge is 0.271 e. The van der Waals surface area contributed by atoms with E-state index < -0.39 is 0 Å². The van der Waals surface area contributed by atoms with E-state index in [9.17, 15) is 10.1 Å². The molecule has 0 spiro atoms. The molecule has 5 nitrogen and oxygen atoms in total. The molecule has 0 bridgehead atoms. The van der Waals surface area contributed by atoms with E-state index in [0.717, 1.165) is 29.2 Å². The second-order valence-electron chi connectivity index (χ2n) is 4.67. The molecule has 0 atom stereocenters. The zero-order chi connectivity index (χ0) is 13.4. The SMILES string of the molecule is CN1CC=C(c2nc3cc([N+](=O)[O-])ccc3s2)CC1. The van der Waals surface area contributed by atoms with Gasteiger partial charge in [-0.3, -0.25) is 10.1 Å². The highest BCUT2D eigenvalue weighted by Gasteiger charge is 2.15. The summed E-state index contributed by atoms with van der Waals surface area (Å²) in [5.74, 6) is 0. The number of rotatable bonds is 2. The van der Waals surface area contributed by atoms with Crippen LogP contribution in [0.15, 0.2) is 24.3 Å². The second-order valence-corrected chi connectivity index (χ2v) is 5.70. The number of nitro benzene ring substituents is 1. The van der Waals surface area contributed by atoms with Crippen molar-refractivity contribution in [1.82, 2.24) is 9.88 Å². The van der Waals surface area contributed by atoms with Crippen molar-refractivity contribution in [1.29, 1.82) is 0 Å². The molecule has 0 saturated heterocycles. The van der Waals surface area contributed by atoms with Crippen LogP contribution in [-0.4, -0.2) is 34.9 Å². The van der Waals surface area contributed by atoms with Gasteiger partial charge in [0.15, 0.2) is 0 Å². The molecule has 0 amide bonds. The van der Waals surface area contributed by atoms with Gasteiger partial charge in [0.05, 0.1) is 15.1 Å². The summed E-state index contributed by atoms with van der Waals surface area (Å²) in [4.78, 5) is 17.2. The number of benzene rings is 1. The van der Waals surface area contributed by atoms with Crippen molar-refractivity contribution in [2.24, 2.45) is 0 Å². The standard InChI is InChI=1S/C13H13N3O2S/c1-15-6-4-9(5-7-15)13-14-11-8-10(16(17)18)2-3-12(11)19-13/h2-4,8H,5-7H2,1H3. The fourth-order valence-electron chi connectivity index (χ4n) is 2.13. The Balaban J connectivity index is 2.00. The number of nitrogens with zero attached hydrogens (tertiary/aromatic N) is 3. The van der Waals surface area contributed by atoms with Gasteiger partial charge < -0.3 is 4.90 Å². The van der Waals surface area contributed by atoms with Crippen molar-refractivity contribution in [3.63, 3.8) is 0 Å². The van der Waals surface area contributed by atoms with Gasteiger partial charge >= 0.3 is 0 Å². The Kier molecular flexibility index (Phi) is 3.04. The van der Waals surface area contributed by atoms with Crippen molar-refractivity contribution >= 4 is 32.8 Å². The van der Waals surface area contributed by atoms with E-state index in [2.05, 4.69) is 23.0 Å². The maximum atomic E-state index is 10.8. The normalized spacial score (nSPS) is 16.6. The molecule has 6 heteroatoms. The lowest BCUT2D eigenvalue weighted by atomic mass is 10.1. The van der Waals surface area contributed by atoms with Crippen LogP contribution in [0.3, 0.4) is 0 Å². The van der Waals surface area contributed by atoms with Crippen molar-refractivity contribution < 1.29 is 4.92 Å². The van der Waals surface area contributed by atoms with Gasteiger partial charge in [-0.1, -0.05) is 6.08 Å². The fourth-order valence-corrected chi connectivity index (χ4v) is 3.15. The number of hydrogen-bond donors (Lipinski definition) is 0. The molecule has 0 fully saturated rings. The van der Waals surface area contributed by atoms with Crippen LogP contribution in [0.25, 0.3) is 15.8 Å². The first kappa shape index (κ1) is 12.3. The van der Waals surface area contributed by atoms with Crippen LogP contribution >= 0.6 is 11.3 Å². The van der Waals surface area contributed by atoms with E-state index in [1.165, 1.54) is 11.6 Å². The van der Waals surface area contributed by atoms with Crippen LogP contribution in [0.5, 0.6) is 0 Å². The van der Waals surface area contributed by atoms with Gasteiger partial charge in [0.1, 0.15) is 5.01 Å². The summed E-state index contributed by atoms with van der Waals surface area (Å²) in [6.07, 6.45) is 3.17. The molecule has 98 valence electrons. The van der Waals surface area contributed by atoms with Gasteiger partial charge in [-0.25, -0.2) is 4.98 Å². The Bertz CT molecular complexity index is 678. The first-order chi connectivity index (χ1) is 9.13. The maximum absolute atomic E-state index is 10.8. The summed E-state index contributed by atoms with van der Waals surface area (Å²) in [6, 6.07) is 4.86. The molecule has 0 radical (unpaired) electrons. The number of thiazole rings is 1. The van der Waals surface area contributed by atoms with E-state index in [0.29, 0.717) is 5.52 Å². The van der Waals surface area contributed by atoms with Gasteiger partial charge in [-0.15, -0.1) is 11.3 Å². The summed E-state index contributed by atoms with van der Waals surface area (Å²) in [6.45, 7) is 1.97. The van der Waals surface area contributed by atoms with Gasteiger partial charge in [0, 0.05) is 25.2 Å². The van der Waals surface area contributed by atoms with Gasteiger partial charge in [-0.05, 0) is 25.1 Å². The molecule has 19 heavy (non-hydrogen) atoms. The largest absolute Gasteiger partial charge is 0.302 e. The van der Waals surface area contributed by atoms with Crippen molar-refractivity contribution in [3.8, 4) is 0 Å². The molecule has 0 unspecified atom stereocenters. The summed E-state index contributed by atoms with van der Waals surface area (Å²) < 4.78 is 1.00. The lowest BCUT2D eigenvalue weighted by molar-refractivity contribution is -0.384. The molecule has 0 N–H and O–H groups in total. The molecule has 2 heterocycles. The molecular weight excluding hydrogens is 262 g/mol. The fraction of sp³-hybridized carbons (Fsp3) is 0.308. The second kappa shape index (κ2) is 4.71. The topological polar surface area (TPSA) is 59.3 Å². The highest BCUT2D eigenvalue weighted by Crippen LogP contribution is 2.31. The summed E-state index contributed by atoms with van der Waals surface area (Å²) in [5, 5.41) is 11.7. The van der Waals surface area contributed by atoms with Gasteiger partial charge in [-0.2, -0.15) is 0 Å². The average molecular weight is 275 g/mol. The first-order valence-electron chi connectivity index (χ1n) is 6.06. The Morgan fingerprint density at radius 3 is 3.00 bits per heavy atom.